The quantitative estimate of drug-likeness (QED) is 0.0747. The Balaban J connectivity index is 1.50. The number of carbonyl (C=O) groups excluding carboxylic acids is 2. The summed E-state index contributed by atoms with van der Waals surface area (Å²) >= 11 is 0. The van der Waals surface area contributed by atoms with Gasteiger partial charge in [0.2, 0.25) is 0 Å². The van der Waals surface area contributed by atoms with Crippen LogP contribution in [-0.4, -0.2) is 17.4 Å². The number of hydrogen-bond donors (Lipinski definition) is 1. The molecule has 3 aromatic carbocycles. The molecule has 1 saturated carbocycles. The molecule has 5 nitrogen and oxygen atoms in total. The van der Waals surface area contributed by atoms with Crippen molar-refractivity contribution in [3.8, 4) is 17.2 Å². The first kappa shape index (κ1) is 28.6. The Bertz CT molecular complexity index is 1450. The molecule has 5 heteroatoms. The normalized spacial score (nSPS) is 15.0. The van der Waals surface area contributed by atoms with E-state index in [4.69, 9.17) is 9.47 Å². The minimum atomic E-state index is -0.447. The molecule has 0 bridgehead atoms. The minimum Gasteiger partial charge on any atom is -0.508 e. The van der Waals surface area contributed by atoms with Crippen LogP contribution in [-0.2, 0) is 10.2 Å². The summed E-state index contributed by atoms with van der Waals surface area (Å²) in [5.74, 6) is 1.49. The van der Waals surface area contributed by atoms with E-state index >= 15 is 0 Å². The van der Waals surface area contributed by atoms with Gasteiger partial charge in [-0.05, 0) is 110 Å². The Morgan fingerprint density at radius 2 is 1.52 bits per heavy atom. The number of phenols is 1. The molecule has 1 N–H and O–H groups in total. The van der Waals surface area contributed by atoms with Gasteiger partial charge in [0, 0.05) is 11.0 Å². The Morgan fingerprint density at radius 3 is 2.12 bits per heavy atom. The van der Waals surface area contributed by atoms with Crippen LogP contribution in [0.5, 0.6) is 17.2 Å². The zero-order valence-corrected chi connectivity index (χ0v) is 23.4. The van der Waals surface area contributed by atoms with Crippen LogP contribution < -0.4 is 9.47 Å². The molecule has 0 atom stereocenters. The second kappa shape index (κ2) is 12.6. The summed E-state index contributed by atoms with van der Waals surface area (Å²) in [6.07, 6.45) is 11.3. The third-order valence-electron chi connectivity index (χ3n) is 7.61. The fourth-order valence-corrected chi connectivity index (χ4v) is 5.29. The first-order chi connectivity index (χ1) is 19.3. The third kappa shape index (κ3) is 6.42. The lowest BCUT2D eigenvalue weighted by Crippen LogP contribution is -2.30. The average Bonchev–Trinajstić information content (AvgIpc) is 2.98. The Labute approximate surface area is 236 Å². The molecule has 0 heterocycles. The van der Waals surface area contributed by atoms with Crippen molar-refractivity contribution in [3.05, 3.63) is 125 Å². The molecule has 0 saturated heterocycles. The molecule has 206 valence electrons. The summed E-state index contributed by atoms with van der Waals surface area (Å²) in [6, 6.07) is 18.8. The van der Waals surface area contributed by atoms with Crippen LogP contribution in [0.1, 0.15) is 71.6 Å². The van der Waals surface area contributed by atoms with E-state index in [1.54, 1.807) is 48.6 Å². The van der Waals surface area contributed by atoms with E-state index in [2.05, 4.69) is 24.8 Å². The largest absolute Gasteiger partial charge is 0.508 e. The van der Waals surface area contributed by atoms with Gasteiger partial charge in [-0.25, -0.2) is 4.79 Å². The number of esters is 1. The van der Waals surface area contributed by atoms with Gasteiger partial charge >= 0.3 is 5.97 Å². The summed E-state index contributed by atoms with van der Waals surface area (Å²) in [6.45, 7) is 9.34. The SMILES string of the molecule is C=C(C=O)/C=C\C(=C/C)Oc1ccc(C(=O)Oc2ccc(C3(c4ccc(O)c(C)c4)CCCCC3)cc2C)cc1. The van der Waals surface area contributed by atoms with Crippen molar-refractivity contribution in [2.24, 2.45) is 0 Å². The molecule has 0 spiro atoms. The highest BCUT2D eigenvalue weighted by molar-refractivity contribution is 5.91. The number of aryl methyl sites for hydroxylation is 2. The zero-order valence-electron chi connectivity index (χ0n) is 23.4. The molecule has 0 unspecified atom stereocenters. The van der Waals surface area contributed by atoms with Crippen molar-refractivity contribution < 1.29 is 24.2 Å². The smallest absolute Gasteiger partial charge is 0.343 e. The molecule has 4 rings (SSSR count). The van der Waals surface area contributed by atoms with E-state index < -0.39 is 5.97 Å². The summed E-state index contributed by atoms with van der Waals surface area (Å²) in [7, 11) is 0. The van der Waals surface area contributed by atoms with Gasteiger partial charge in [0.1, 0.15) is 29.3 Å². The standard InChI is InChI=1S/C35H36O5/c1-5-30(14-9-24(2)23-36)39-31-15-10-27(11-16-31)34(38)40-33-18-13-29(22-26(33)4)35(19-7-6-8-20-35)28-12-17-32(37)25(3)21-28/h5,9-18,21-23,37H,2,6-8,19-20H2,1,3-4H3/b14-9-,30-5+. The highest BCUT2D eigenvalue weighted by atomic mass is 16.5. The number of rotatable bonds is 9. The third-order valence-corrected chi connectivity index (χ3v) is 7.61. The predicted octanol–water partition coefficient (Wildman–Crippen LogP) is 8.07. The highest BCUT2D eigenvalue weighted by Gasteiger charge is 2.36. The number of benzene rings is 3. The summed E-state index contributed by atoms with van der Waals surface area (Å²) in [4.78, 5) is 23.7. The topological polar surface area (TPSA) is 72.8 Å². The lowest BCUT2D eigenvalue weighted by atomic mass is 9.65. The van der Waals surface area contributed by atoms with Gasteiger partial charge in [-0.1, -0.05) is 50.1 Å². The van der Waals surface area contributed by atoms with E-state index in [1.165, 1.54) is 17.5 Å². The number of carbonyl (C=O) groups is 2. The number of hydrogen-bond acceptors (Lipinski definition) is 5. The van der Waals surface area contributed by atoms with Crippen molar-refractivity contribution >= 4 is 12.3 Å². The van der Waals surface area contributed by atoms with E-state index in [9.17, 15) is 14.7 Å². The van der Waals surface area contributed by atoms with Crippen LogP contribution in [0.3, 0.4) is 0 Å². The molecular formula is C35H36O5. The number of ether oxygens (including phenoxy) is 2. The van der Waals surface area contributed by atoms with Crippen molar-refractivity contribution in [1.29, 1.82) is 0 Å². The molecule has 3 aromatic rings. The number of aldehydes is 1. The molecular weight excluding hydrogens is 500 g/mol. The fourth-order valence-electron chi connectivity index (χ4n) is 5.29. The molecule has 1 aliphatic rings. The molecule has 1 fully saturated rings. The molecule has 0 aliphatic heterocycles. The second-order valence-electron chi connectivity index (χ2n) is 10.4. The molecule has 0 amide bonds. The summed E-state index contributed by atoms with van der Waals surface area (Å²) in [5.41, 5.74) is 4.83. The van der Waals surface area contributed by atoms with Crippen LogP contribution in [0.4, 0.5) is 0 Å². The maximum absolute atomic E-state index is 13.0. The first-order valence-electron chi connectivity index (χ1n) is 13.7. The van der Waals surface area contributed by atoms with Gasteiger partial charge in [-0.15, -0.1) is 0 Å². The van der Waals surface area contributed by atoms with Gasteiger partial charge in [-0.3, -0.25) is 4.79 Å². The van der Waals surface area contributed by atoms with Crippen molar-refractivity contribution in [2.45, 2.75) is 58.3 Å². The van der Waals surface area contributed by atoms with Crippen LogP contribution in [0.25, 0.3) is 0 Å². The van der Waals surface area contributed by atoms with E-state index in [1.807, 2.05) is 32.9 Å². The zero-order chi connectivity index (χ0) is 28.7. The van der Waals surface area contributed by atoms with Crippen LogP contribution in [0.2, 0.25) is 0 Å². The average molecular weight is 537 g/mol. The maximum atomic E-state index is 13.0. The summed E-state index contributed by atoms with van der Waals surface area (Å²) in [5, 5.41) is 10.1. The Morgan fingerprint density at radius 1 is 0.875 bits per heavy atom. The molecule has 0 radical (unpaired) electrons. The van der Waals surface area contributed by atoms with E-state index in [-0.39, 0.29) is 5.41 Å². The van der Waals surface area contributed by atoms with Gasteiger partial charge in [0.25, 0.3) is 0 Å². The van der Waals surface area contributed by atoms with Gasteiger partial charge in [0.05, 0.1) is 5.56 Å². The Kier molecular flexibility index (Phi) is 9.05. The first-order valence-corrected chi connectivity index (χ1v) is 13.7. The van der Waals surface area contributed by atoms with Gasteiger partial charge < -0.3 is 14.6 Å². The molecule has 0 aromatic heterocycles. The number of aromatic hydroxyl groups is 1. The highest BCUT2D eigenvalue weighted by Crippen LogP contribution is 2.46. The Hall–Kier alpha value is -4.38. The minimum absolute atomic E-state index is 0.124. The predicted molar refractivity (Wildman–Crippen MR) is 158 cm³/mol. The van der Waals surface area contributed by atoms with Crippen LogP contribution in [0.15, 0.2) is 96.8 Å². The van der Waals surface area contributed by atoms with Gasteiger partial charge in [-0.2, -0.15) is 0 Å². The van der Waals surface area contributed by atoms with E-state index in [0.29, 0.717) is 40.4 Å². The summed E-state index contributed by atoms with van der Waals surface area (Å²) < 4.78 is 11.6. The van der Waals surface area contributed by atoms with Gasteiger partial charge in [0.15, 0.2) is 0 Å². The van der Waals surface area contributed by atoms with Crippen molar-refractivity contribution in [1.82, 2.24) is 0 Å². The lowest BCUT2D eigenvalue weighted by molar-refractivity contribution is -0.104. The fraction of sp³-hybridized carbons (Fsp3) is 0.257. The van der Waals surface area contributed by atoms with Crippen LogP contribution in [0, 0.1) is 13.8 Å². The molecule has 40 heavy (non-hydrogen) atoms. The lowest BCUT2D eigenvalue weighted by Gasteiger charge is -2.39. The monoisotopic (exact) mass is 536 g/mol. The number of allylic oxidation sites excluding steroid dienone is 4. The molecule has 1 aliphatic carbocycles. The number of phenolic OH excluding ortho intramolecular Hbond substituents is 1. The van der Waals surface area contributed by atoms with Crippen LogP contribution >= 0.6 is 0 Å². The second-order valence-corrected chi connectivity index (χ2v) is 10.4. The van der Waals surface area contributed by atoms with Crippen molar-refractivity contribution in [3.63, 3.8) is 0 Å². The van der Waals surface area contributed by atoms with Crippen molar-refractivity contribution in [2.75, 3.05) is 0 Å². The maximum Gasteiger partial charge on any atom is 0.343 e. The van der Waals surface area contributed by atoms with E-state index in [0.717, 1.165) is 36.8 Å².